The van der Waals surface area contributed by atoms with Crippen molar-refractivity contribution in [3.05, 3.63) is 48.2 Å². The fraction of sp³-hybridized carbons (Fsp3) is 0.286. The van der Waals surface area contributed by atoms with Crippen molar-refractivity contribution in [1.29, 1.82) is 0 Å². The van der Waals surface area contributed by atoms with Gasteiger partial charge in [-0.15, -0.1) is 0 Å². The molecule has 1 saturated carbocycles. The number of aromatic nitrogens is 1. The fourth-order valence-corrected chi connectivity index (χ4v) is 1.79. The van der Waals surface area contributed by atoms with Crippen LogP contribution >= 0.6 is 0 Å². The third-order valence-corrected chi connectivity index (χ3v) is 2.99. The molecule has 2 N–H and O–H groups in total. The van der Waals surface area contributed by atoms with Gasteiger partial charge in [0.1, 0.15) is 5.76 Å². The molecule has 0 radical (unpaired) electrons. The van der Waals surface area contributed by atoms with Crippen LogP contribution < -0.4 is 10.6 Å². The van der Waals surface area contributed by atoms with Crippen LogP contribution in [-0.4, -0.2) is 16.9 Å². The fourth-order valence-electron chi connectivity index (χ4n) is 1.79. The van der Waals surface area contributed by atoms with Crippen LogP contribution in [0.15, 0.2) is 41.3 Å². The number of rotatable bonds is 5. The van der Waals surface area contributed by atoms with E-state index in [1.807, 2.05) is 24.3 Å². The lowest BCUT2D eigenvalue weighted by molar-refractivity contribution is 0.0951. The van der Waals surface area contributed by atoms with Gasteiger partial charge < -0.3 is 15.1 Å². The van der Waals surface area contributed by atoms with E-state index in [9.17, 15) is 4.79 Å². The number of anilines is 1. The molecule has 0 saturated heterocycles. The normalized spacial score (nSPS) is 14.1. The molecule has 1 fully saturated rings. The van der Waals surface area contributed by atoms with Crippen molar-refractivity contribution >= 4 is 11.6 Å². The van der Waals surface area contributed by atoms with Crippen molar-refractivity contribution in [1.82, 2.24) is 10.3 Å². The van der Waals surface area contributed by atoms with Gasteiger partial charge in [0.25, 0.3) is 5.91 Å². The maximum absolute atomic E-state index is 11.9. The van der Waals surface area contributed by atoms with Crippen LogP contribution in [-0.2, 0) is 6.54 Å². The highest BCUT2D eigenvalue weighted by Crippen LogP contribution is 2.20. The monoisotopic (exact) mass is 257 g/mol. The maximum Gasteiger partial charge on any atom is 0.251 e. The number of carbonyl (C=O) groups is 1. The van der Waals surface area contributed by atoms with E-state index in [1.54, 1.807) is 6.20 Å². The minimum absolute atomic E-state index is 0.00850. The standard InChI is InChI=1S/C14H15N3O2/c18-14(17-11-4-5-11)10-2-1-3-12(6-10)16-8-13-7-15-9-19-13/h1-3,6-7,9,11,16H,4-5,8H2,(H,17,18). The number of hydrogen-bond acceptors (Lipinski definition) is 4. The molecule has 2 aromatic rings. The van der Waals surface area contributed by atoms with E-state index in [4.69, 9.17) is 4.42 Å². The van der Waals surface area contributed by atoms with E-state index in [-0.39, 0.29) is 5.91 Å². The smallest absolute Gasteiger partial charge is 0.251 e. The van der Waals surface area contributed by atoms with Gasteiger partial charge in [0.2, 0.25) is 0 Å². The van der Waals surface area contributed by atoms with Gasteiger partial charge in [-0.25, -0.2) is 4.98 Å². The summed E-state index contributed by atoms with van der Waals surface area (Å²) in [5, 5.41) is 6.17. The molecule has 1 aromatic heterocycles. The molecule has 1 heterocycles. The van der Waals surface area contributed by atoms with Gasteiger partial charge in [-0.2, -0.15) is 0 Å². The number of nitrogens with zero attached hydrogens (tertiary/aromatic N) is 1. The molecule has 0 atom stereocenters. The number of hydrogen-bond donors (Lipinski definition) is 2. The van der Waals surface area contributed by atoms with Crippen molar-refractivity contribution in [3.63, 3.8) is 0 Å². The lowest BCUT2D eigenvalue weighted by atomic mass is 10.2. The summed E-state index contributed by atoms with van der Waals surface area (Å²) in [4.78, 5) is 15.8. The minimum Gasteiger partial charge on any atom is -0.447 e. The Kier molecular flexibility index (Phi) is 3.18. The molecule has 0 aliphatic heterocycles. The Morgan fingerprint density at radius 2 is 2.32 bits per heavy atom. The van der Waals surface area contributed by atoms with Gasteiger partial charge in [0.05, 0.1) is 12.7 Å². The molecular weight excluding hydrogens is 242 g/mol. The first kappa shape index (κ1) is 11.8. The number of benzene rings is 1. The number of amides is 1. The predicted molar refractivity (Wildman–Crippen MR) is 70.8 cm³/mol. The van der Waals surface area contributed by atoms with E-state index in [0.29, 0.717) is 18.2 Å². The summed E-state index contributed by atoms with van der Waals surface area (Å²) >= 11 is 0. The molecule has 1 aliphatic rings. The Hall–Kier alpha value is -2.30. The van der Waals surface area contributed by atoms with Crippen molar-refractivity contribution in [3.8, 4) is 0 Å². The van der Waals surface area contributed by atoms with Crippen LogP contribution in [0, 0.1) is 0 Å². The first-order chi connectivity index (χ1) is 9.31. The molecule has 98 valence electrons. The zero-order valence-corrected chi connectivity index (χ0v) is 10.4. The van der Waals surface area contributed by atoms with E-state index < -0.39 is 0 Å². The molecule has 5 nitrogen and oxygen atoms in total. The predicted octanol–water partition coefficient (Wildman–Crippen LogP) is 2.18. The topological polar surface area (TPSA) is 67.2 Å². The number of carbonyl (C=O) groups excluding carboxylic acids is 1. The van der Waals surface area contributed by atoms with Crippen LogP contribution in [0.1, 0.15) is 29.0 Å². The third-order valence-electron chi connectivity index (χ3n) is 2.99. The highest BCUT2D eigenvalue weighted by molar-refractivity contribution is 5.95. The van der Waals surface area contributed by atoms with Gasteiger partial charge in [0, 0.05) is 17.3 Å². The SMILES string of the molecule is O=C(NC1CC1)c1cccc(NCc2cnco2)c1. The Labute approximate surface area is 111 Å². The van der Waals surface area contributed by atoms with E-state index in [1.165, 1.54) is 6.39 Å². The molecule has 1 amide bonds. The number of nitrogens with one attached hydrogen (secondary N) is 2. The molecule has 1 aliphatic carbocycles. The summed E-state index contributed by atoms with van der Waals surface area (Å²) in [5.41, 5.74) is 1.56. The van der Waals surface area contributed by atoms with Gasteiger partial charge in [0.15, 0.2) is 6.39 Å². The summed E-state index contributed by atoms with van der Waals surface area (Å²) in [5.74, 6) is 0.749. The van der Waals surface area contributed by atoms with Crippen LogP contribution in [0.2, 0.25) is 0 Å². The lowest BCUT2D eigenvalue weighted by Gasteiger charge is -2.07. The molecule has 19 heavy (non-hydrogen) atoms. The molecular formula is C14H15N3O2. The summed E-state index contributed by atoms with van der Waals surface area (Å²) in [6, 6.07) is 7.82. The van der Waals surface area contributed by atoms with Crippen LogP contribution in [0.3, 0.4) is 0 Å². The quantitative estimate of drug-likeness (QED) is 0.861. The van der Waals surface area contributed by atoms with Crippen molar-refractivity contribution < 1.29 is 9.21 Å². The van der Waals surface area contributed by atoms with Crippen LogP contribution in [0.5, 0.6) is 0 Å². The molecule has 3 rings (SSSR count). The van der Waals surface area contributed by atoms with Crippen molar-refractivity contribution in [2.24, 2.45) is 0 Å². The van der Waals surface area contributed by atoms with Gasteiger partial charge in [-0.1, -0.05) is 6.07 Å². The Balaban J connectivity index is 1.63. The highest BCUT2D eigenvalue weighted by atomic mass is 16.3. The van der Waals surface area contributed by atoms with E-state index >= 15 is 0 Å². The summed E-state index contributed by atoms with van der Waals surface area (Å²) in [7, 11) is 0. The summed E-state index contributed by atoms with van der Waals surface area (Å²) in [6.07, 6.45) is 5.25. The Morgan fingerprint density at radius 1 is 1.42 bits per heavy atom. The molecule has 0 spiro atoms. The Morgan fingerprint density at radius 3 is 3.05 bits per heavy atom. The van der Waals surface area contributed by atoms with Gasteiger partial charge in [-0.05, 0) is 31.0 Å². The average molecular weight is 257 g/mol. The Bertz CT molecular complexity index is 562. The molecule has 5 heteroatoms. The second-order valence-electron chi connectivity index (χ2n) is 4.65. The maximum atomic E-state index is 11.9. The van der Waals surface area contributed by atoms with Crippen molar-refractivity contribution in [2.45, 2.75) is 25.4 Å². The molecule has 0 unspecified atom stereocenters. The third kappa shape index (κ3) is 3.13. The molecule has 1 aromatic carbocycles. The zero-order valence-electron chi connectivity index (χ0n) is 10.4. The minimum atomic E-state index is -0.00850. The van der Waals surface area contributed by atoms with Crippen LogP contribution in [0.4, 0.5) is 5.69 Å². The second kappa shape index (κ2) is 5.14. The molecule has 0 bridgehead atoms. The highest BCUT2D eigenvalue weighted by Gasteiger charge is 2.23. The van der Waals surface area contributed by atoms with E-state index in [2.05, 4.69) is 15.6 Å². The largest absolute Gasteiger partial charge is 0.447 e. The average Bonchev–Trinajstić information content (AvgIpc) is 3.09. The first-order valence-corrected chi connectivity index (χ1v) is 6.33. The lowest BCUT2D eigenvalue weighted by Crippen LogP contribution is -2.25. The zero-order chi connectivity index (χ0) is 13.1. The van der Waals surface area contributed by atoms with Crippen LogP contribution in [0.25, 0.3) is 0 Å². The summed E-state index contributed by atoms with van der Waals surface area (Å²) < 4.78 is 5.14. The van der Waals surface area contributed by atoms with Crippen molar-refractivity contribution in [2.75, 3.05) is 5.32 Å². The van der Waals surface area contributed by atoms with E-state index in [0.717, 1.165) is 24.3 Å². The van der Waals surface area contributed by atoms with Gasteiger partial charge >= 0.3 is 0 Å². The van der Waals surface area contributed by atoms with Gasteiger partial charge in [-0.3, -0.25) is 4.79 Å². The second-order valence-corrected chi connectivity index (χ2v) is 4.65. The number of oxazole rings is 1. The first-order valence-electron chi connectivity index (χ1n) is 6.33. The summed E-state index contributed by atoms with van der Waals surface area (Å²) in [6.45, 7) is 0.549.